The van der Waals surface area contributed by atoms with E-state index in [2.05, 4.69) is 20.4 Å². The van der Waals surface area contributed by atoms with Gasteiger partial charge in [-0.15, -0.1) is 10.2 Å². The van der Waals surface area contributed by atoms with Gasteiger partial charge in [0.25, 0.3) is 0 Å². The largest absolute Gasteiger partial charge is 0.355 e. The molecule has 2 heterocycles. The van der Waals surface area contributed by atoms with Gasteiger partial charge in [-0.05, 0) is 49.6 Å². The normalized spacial score (nSPS) is 14.6. The van der Waals surface area contributed by atoms with Crippen molar-refractivity contribution < 1.29 is 13.6 Å². The molecule has 2 aromatic carbocycles. The second kappa shape index (κ2) is 8.57. The number of anilines is 2. The van der Waals surface area contributed by atoms with Gasteiger partial charge in [0.2, 0.25) is 5.91 Å². The summed E-state index contributed by atoms with van der Waals surface area (Å²) in [5, 5.41) is 11.2. The number of halogens is 2. The minimum atomic E-state index is -0.647. The highest BCUT2D eigenvalue weighted by Gasteiger charge is 2.26. The zero-order valence-corrected chi connectivity index (χ0v) is 16.6. The molecular formula is C23H22F2N4O. The molecule has 30 heavy (non-hydrogen) atoms. The minimum absolute atomic E-state index is 0.125. The van der Waals surface area contributed by atoms with Crippen LogP contribution in [0.3, 0.4) is 0 Å². The lowest BCUT2D eigenvalue weighted by atomic mass is 9.95. The highest BCUT2D eigenvalue weighted by Crippen LogP contribution is 2.26. The molecule has 154 valence electrons. The summed E-state index contributed by atoms with van der Waals surface area (Å²) in [5.41, 5.74) is 2.89. The van der Waals surface area contributed by atoms with Gasteiger partial charge < -0.3 is 10.2 Å². The predicted octanol–water partition coefficient (Wildman–Crippen LogP) is 4.59. The van der Waals surface area contributed by atoms with Crippen molar-refractivity contribution in [2.24, 2.45) is 5.92 Å². The molecule has 0 aliphatic carbocycles. The summed E-state index contributed by atoms with van der Waals surface area (Å²) >= 11 is 0. The Balaban J connectivity index is 1.37. The molecule has 1 saturated heterocycles. The molecule has 1 amide bonds. The van der Waals surface area contributed by atoms with E-state index < -0.39 is 11.6 Å². The maximum absolute atomic E-state index is 13.8. The van der Waals surface area contributed by atoms with E-state index in [4.69, 9.17) is 0 Å². The third-order valence-electron chi connectivity index (χ3n) is 5.45. The van der Waals surface area contributed by atoms with Crippen LogP contribution in [0, 0.1) is 24.5 Å². The van der Waals surface area contributed by atoms with Crippen LogP contribution in [0.2, 0.25) is 0 Å². The van der Waals surface area contributed by atoms with Crippen molar-refractivity contribution in [2.75, 3.05) is 23.3 Å². The van der Waals surface area contributed by atoms with Crippen molar-refractivity contribution >= 4 is 17.4 Å². The number of benzene rings is 2. The van der Waals surface area contributed by atoms with Crippen LogP contribution in [0.25, 0.3) is 11.3 Å². The monoisotopic (exact) mass is 408 g/mol. The number of rotatable bonds is 4. The van der Waals surface area contributed by atoms with Crippen molar-refractivity contribution in [3.8, 4) is 11.3 Å². The van der Waals surface area contributed by atoms with E-state index >= 15 is 0 Å². The van der Waals surface area contributed by atoms with Crippen LogP contribution >= 0.6 is 0 Å². The van der Waals surface area contributed by atoms with E-state index in [-0.39, 0.29) is 17.5 Å². The third-order valence-corrected chi connectivity index (χ3v) is 5.45. The topological polar surface area (TPSA) is 58.1 Å². The Hall–Kier alpha value is -3.35. The Kier molecular flexibility index (Phi) is 5.70. The molecule has 1 aromatic heterocycles. The summed E-state index contributed by atoms with van der Waals surface area (Å²) in [4.78, 5) is 14.5. The number of carbonyl (C=O) groups excluding carboxylic acids is 1. The number of aryl methyl sites for hydroxylation is 1. The minimum Gasteiger partial charge on any atom is -0.355 e. The summed E-state index contributed by atoms with van der Waals surface area (Å²) in [6.07, 6.45) is 1.20. The highest BCUT2D eigenvalue weighted by molar-refractivity contribution is 5.92. The number of hydrogen-bond acceptors (Lipinski definition) is 4. The maximum atomic E-state index is 13.8. The molecule has 0 spiro atoms. The molecule has 0 radical (unpaired) electrons. The van der Waals surface area contributed by atoms with Gasteiger partial charge in [-0.25, -0.2) is 8.78 Å². The van der Waals surface area contributed by atoms with Gasteiger partial charge in [0.15, 0.2) is 5.82 Å². The number of carbonyl (C=O) groups is 1. The number of amides is 1. The molecular weight excluding hydrogens is 386 g/mol. The average Bonchev–Trinajstić information content (AvgIpc) is 2.77. The SMILES string of the molecule is Cc1ccccc1-c1ccc(N2CCC(C(=O)Nc3cc(F)ccc3F)CC2)nn1. The quantitative estimate of drug-likeness (QED) is 0.686. The lowest BCUT2D eigenvalue weighted by Gasteiger charge is -2.31. The van der Waals surface area contributed by atoms with Crippen molar-refractivity contribution in [3.05, 3.63) is 71.8 Å². The van der Waals surface area contributed by atoms with E-state index in [0.29, 0.717) is 25.9 Å². The summed E-state index contributed by atoms with van der Waals surface area (Å²) in [7, 11) is 0. The van der Waals surface area contributed by atoms with Crippen LogP contribution in [0.4, 0.5) is 20.3 Å². The predicted molar refractivity (Wildman–Crippen MR) is 112 cm³/mol. The molecule has 0 atom stereocenters. The second-order valence-electron chi connectivity index (χ2n) is 7.47. The van der Waals surface area contributed by atoms with Gasteiger partial charge in [-0.3, -0.25) is 4.79 Å². The fraction of sp³-hybridized carbons (Fsp3) is 0.261. The maximum Gasteiger partial charge on any atom is 0.227 e. The number of nitrogens with zero attached hydrogens (tertiary/aromatic N) is 3. The zero-order valence-electron chi connectivity index (χ0n) is 16.6. The number of nitrogens with one attached hydrogen (secondary N) is 1. The summed E-state index contributed by atoms with van der Waals surface area (Å²) in [6.45, 7) is 3.32. The van der Waals surface area contributed by atoms with Gasteiger partial charge in [0.1, 0.15) is 11.6 Å². The van der Waals surface area contributed by atoms with Crippen LogP contribution in [0.5, 0.6) is 0 Å². The first-order valence-electron chi connectivity index (χ1n) is 9.92. The molecule has 0 bridgehead atoms. The van der Waals surface area contributed by atoms with Crippen molar-refractivity contribution in [2.45, 2.75) is 19.8 Å². The first kappa shape index (κ1) is 19.9. The molecule has 3 aromatic rings. The lowest BCUT2D eigenvalue weighted by molar-refractivity contribution is -0.120. The van der Waals surface area contributed by atoms with Crippen LogP contribution in [-0.4, -0.2) is 29.2 Å². The first-order valence-corrected chi connectivity index (χ1v) is 9.92. The molecule has 1 aliphatic rings. The van der Waals surface area contributed by atoms with Gasteiger partial charge >= 0.3 is 0 Å². The van der Waals surface area contributed by atoms with Crippen molar-refractivity contribution in [1.82, 2.24) is 10.2 Å². The lowest BCUT2D eigenvalue weighted by Crippen LogP contribution is -2.38. The van der Waals surface area contributed by atoms with Crippen LogP contribution in [0.1, 0.15) is 18.4 Å². The smallest absolute Gasteiger partial charge is 0.227 e. The molecule has 0 unspecified atom stereocenters. The molecule has 1 N–H and O–H groups in total. The Morgan fingerprint density at radius 3 is 2.50 bits per heavy atom. The first-order chi connectivity index (χ1) is 14.5. The Labute approximate surface area is 173 Å². The standard InChI is InChI=1S/C23H22F2N4O/c1-15-4-2-3-5-18(15)20-8-9-22(28-27-20)29-12-10-16(11-13-29)23(30)26-21-14-17(24)6-7-19(21)25/h2-9,14,16H,10-13H2,1H3,(H,26,30). The van der Waals surface area contributed by atoms with E-state index in [1.54, 1.807) is 0 Å². The molecule has 5 nitrogen and oxygen atoms in total. The van der Waals surface area contributed by atoms with E-state index in [9.17, 15) is 13.6 Å². The number of hydrogen-bond donors (Lipinski definition) is 1. The molecule has 1 aliphatic heterocycles. The molecule has 7 heteroatoms. The fourth-order valence-electron chi connectivity index (χ4n) is 3.70. The average molecular weight is 408 g/mol. The van der Waals surface area contributed by atoms with Crippen molar-refractivity contribution in [1.29, 1.82) is 0 Å². The fourth-order valence-corrected chi connectivity index (χ4v) is 3.70. The molecule has 4 rings (SSSR count). The zero-order chi connectivity index (χ0) is 21.1. The Morgan fingerprint density at radius 2 is 1.80 bits per heavy atom. The van der Waals surface area contributed by atoms with Gasteiger partial charge in [0.05, 0.1) is 11.4 Å². The van der Waals surface area contributed by atoms with Crippen molar-refractivity contribution in [3.63, 3.8) is 0 Å². The highest BCUT2D eigenvalue weighted by atomic mass is 19.1. The molecule has 1 fully saturated rings. The van der Waals surface area contributed by atoms with Crippen LogP contribution in [0.15, 0.2) is 54.6 Å². The summed E-state index contributed by atoms with van der Waals surface area (Å²) in [6, 6.07) is 14.9. The van der Waals surface area contributed by atoms with E-state index in [1.807, 2.05) is 43.3 Å². The Morgan fingerprint density at radius 1 is 1.03 bits per heavy atom. The van der Waals surface area contributed by atoms with Gasteiger partial charge in [0, 0.05) is 30.6 Å². The van der Waals surface area contributed by atoms with Crippen LogP contribution in [-0.2, 0) is 4.79 Å². The summed E-state index contributed by atoms with van der Waals surface area (Å²) < 4.78 is 27.1. The number of piperidine rings is 1. The third kappa shape index (κ3) is 4.30. The summed E-state index contributed by atoms with van der Waals surface area (Å²) in [5.74, 6) is -1.02. The number of aromatic nitrogens is 2. The van der Waals surface area contributed by atoms with Gasteiger partial charge in [-0.2, -0.15) is 0 Å². The van der Waals surface area contributed by atoms with Crippen LogP contribution < -0.4 is 10.2 Å². The molecule has 0 saturated carbocycles. The Bertz CT molecular complexity index is 1050. The second-order valence-corrected chi connectivity index (χ2v) is 7.47. The van der Waals surface area contributed by atoms with E-state index in [0.717, 1.165) is 40.8 Å². The van der Waals surface area contributed by atoms with Gasteiger partial charge in [-0.1, -0.05) is 24.3 Å². The van der Waals surface area contributed by atoms with E-state index in [1.165, 1.54) is 0 Å².